The van der Waals surface area contributed by atoms with Crippen molar-refractivity contribution >= 4 is 0 Å². The molecule has 0 aliphatic heterocycles. The summed E-state index contributed by atoms with van der Waals surface area (Å²) >= 11 is 0. The molecule has 4 heteroatoms. The molecule has 0 bridgehead atoms. The number of hydrogen-bond donors (Lipinski definition) is 3. The van der Waals surface area contributed by atoms with Crippen LogP contribution < -0.4 is 0 Å². The first-order valence-electron chi connectivity index (χ1n) is 6.34. The van der Waals surface area contributed by atoms with Crippen LogP contribution in [0.25, 0.3) is 0 Å². The smallest absolute Gasteiger partial charge is 0.0453 e. The fourth-order valence-electron chi connectivity index (χ4n) is 0. The van der Waals surface area contributed by atoms with E-state index in [1.165, 1.54) is 0 Å². The summed E-state index contributed by atoms with van der Waals surface area (Å²) in [5, 5.41) is 24.4. The third-order valence-electron chi connectivity index (χ3n) is 1.10. The summed E-state index contributed by atoms with van der Waals surface area (Å²) in [7, 11) is 0. The van der Waals surface area contributed by atoms with Gasteiger partial charge in [0, 0.05) is 46.0 Å². The minimum atomic E-state index is 0. The Balaban J connectivity index is -0.0000000427. The van der Waals surface area contributed by atoms with Gasteiger partial charge in [-0.2, -0.15) is 6.92 Å². The van der Waals surface area contributed by atoms with Crippen molar-refractivity contribution in [3.63, 3.8) is 0 Å². The molecule has 0 aromatic heterocycles. The van der Waals surface area contributed by atoms with Crippen LogP contribution in [0.3, 0.4) is 0 Å². The number of hydrogen-bond acceptors (Lipinski definition) is 3. The Labute approximate surface area is 134 Å². The van der Waals surface area contributed by atoms with E-state index < -0.39 is 0 Å². The number of aliphatic hydroxyl groups excluding tert-OH is 3. The van der Waals surface area contributed by atoms with Gasteiger partial charge in [0.2, 0.25) is 0 Å². The van der Waals surface area contributed by atoms with Gasteiger partial charge in [-0.15, -0.1) is 0 Å². The zero-order chi connectivity index (χ0) is 14.9. The van der Waals surface area contributed by atoms with E-state index in [1.54, 1.807) is 6.92 Å². The van der Waals surface area contributed by atoms with Gasteiger partial charge < -0.3 is 22.2 Å². The van der Waals surface area contributed by atoms with Crippen LogP contribution in [-0.4, -0.2) is 35.1 Å². The van der Waals surface area contributed by atoms with Gasteiger partial charge >= 0.3 is 0 Å². The van der Waals surface area contributed by atoms with E-state index in [0.717, 1.165) is 0 Å². The average Bonchev–Trinajstić information content (AvgIpc) is 2.32. The molecular weight excluding hydrogens is 307 g/mol. The van der Waals surface area contributed by atoms with Gasteiger partial charge in [0.05, 0.1) is 0 Å². The predicted octanol–water partition coefficient (Wildman–Crippen LogP) is 2.74. The molecule has 0 aliphatic rings. The molecule has 0 aliphatic carbocycles. The molecule has 0 radical (unpaired) electrons. The molecule has 0 saturated carbocycles. The third kappa shape index (κ3) is 91.1. The average molecular weight is 343 g/mol. The first-order chi connectivity index (χ1) is 7.81. The number of aliphatic hydroxyl groups is 3. The molecule has 3 nitrogen and oxygen atoms in total. The van der Waals surface area contributed by atoms with Crippen LogP contribution in [0.15, 0.2) is 0 Å². The zero-order valence-electron chi connectivity index (χ0n) is 13.4. The Morgan fingerprint density at radius 1 is 0.611 bits per heavy atom. The van der Waals surface area contributed by atoms with E-state index in [1.807, 2.05) is 41.5 Å². The fraction of sp³-hybridized carbons (Fsp3) is 0.929. The molecule has 0 amide bonds. The maximum Gasteiger partial charge on any atom is 0.0453 e. The van der Waals surface area contributed by atoms with E-state index in [-0.39, 0.29) is 26.2 Å². The van der Waals surface area contributed by atoms with Gasteiger partial charge in [-0.25, -0.2) is 0 Å². The van der Waals surface area contributed by atoms with Crippen LogP contribution in [0.5, 0.6) is 0 Å². The molecule has 0 saturated heterocycles. The van der Waals surface area contributed by atoms with Crippen molar-refractivity contribution < 1.29 is 41.5 Å². The van der Waals surface area contributed by atoms with Gasteiger partial charge in [0.1, 0.15) is 0 Å². The normalized spacial score (nSPS) is 8.33. The molecule has 0 heterocycles. The Bertz CT molecular complexity index is 78.0. The van der Waals surface area contributed by atoms with Crippen LogP contribution in [0, 0.1) is 24.7 Å². The van der Waals surface area contributed by atoms with Gasteiger partial charge in [-0.05, 0) is 17.8 Å². The van der Waals surface area contributed by atoms with Crippen molar-refractivity contribution in [2.24, 2.45) is 17.8 Å². The van der Waals surface area contributed by atoms with E-state index in [0.29, 0.717) is 37.6 Å². The summed E-state index contributed by atoms with van der Waals surface area (Å²) in [6.07, 6.45) is 0. The van der Waals surface area contributed by atoms with Gasteiger partial charge in [-0.3, -0.25) is 0 Å². The van der Waals surface area contributed by atoms with E-state index in [4.69, 9.17) is 15.3 Å². The summed E-state index contributed by atoms with van der Waals surface area (Å²) in [5.74, 6) is 1.32. The minimum absolute atomic E-state index is 0. The van der Waals surface area contributed by atoms with Gasteiger partial charge in [0.25, 0.3) is 0 Å². The molecule has 0 atom stereocenters. The summed E-state index contributed by atoms with van der Waals surface area (Å²) < 4.78 is 0. The van der Waals surface area contributed by atoms with Crippen LogP contribution in [0.4, 0.5) is 0 Å². The molecule has 0 rings (SSSR count). The van der Waals surface area contributed by atoms with Crippen molar-refractivity contribution in [3.8, 4) is 0 Å². The first kappa shape index (κ1) is 31.3. The largest absolute Gasteiger partial charge is 0.396 e. The zero-order valence-corrected chi connectivity index (χ0v) is 15.9. The van der Waals surface area contributed by atoms with Crippen LogP contribution in [-0.2, 0) is 26.2 Å². The minimum Gasteiger partial charge on any atom is -0.396 e. The van der Waals surface area contributed by atoms with E-state index >= 15 is 0 Å². The Morgan fingerprint density at radius 3 is 0.667 bits per heavy atom. The Morgan fingerprint density at radius 2 is 0.667 bits per heavy atom. The first-order valence-corrected chi connectivity index (χ1v) is 6.34. The fourth-order valence-corrected chi connectivity index (χ4v) is 0. The summed E-state index contributed by atoms with van der Waals surface area (Å²) in [4.78, 5) is 0. The summed E-state index contributed by atoms with van der Waals surface area (Å²) in [6, 6.07) is 0. The molecule has 18 heavy (non-hydrogen) atoms. The van der Waals surface area contributed by atoms with Crippen LogP contribution >= 0.6 is 0 Å². The quantitative estimate of drug-likeness (QED) is 0.691. The van der Waals surface area contributed by atoms with Crippen molar-refractivity contribution in [2.45, 2.75) is 48.5 Å². The molecule has 0 spiro atoms. The monoisotopic (exact) mass is 341 g/mol. The van der Waals surface area contributed by atoms with E-state index in [2.05, 4.69) is 6.92 Å². The second-order valence-corrected chi connectivity index (χ2v) is 4.73. The number of rotatable bonds is 3. The SMILES string of the molecule is CC(C)CO.CC(C)CO.CC(C)CO.[CH2-]C.[Zr]. The summed E-state index contributed by atoms with van der Waals surface area (Å²) in [6.45, 7) is 17.8. The Kier molecular flexibility index (Phi) is 53.2. The molecular formula is C14H35O3Zr-. The van der Waals surface area contributed by atoms with Gasteiger partial charge in [0.15, 0.2) is 0 Å². The van der Waals surface area contributed by atoms with Crippen molar-refractivity contribution in [3.05, 3.63) is 6.92 Å². The maximum atomic E-state index is 8.14. The van der Waals surface area contributed by atoms with Crippen LogP contribution in [0.2, 0.25) is 0 Å². The molecule has 0 aromatic rings. The van der Waals surface area contributed by atoms with Gasteiger partial charge in [-0.1, -0.05) is 41.5 Å². The van der Waals surface area contributed by atoms with Crippen LogP contribution in [0.1, 0.15) is 48.5 Å². The van der Waals surface area contributed by atoms with E-state index in [9.17, 15) is 0 Å². The second kappa shape index (κ2) is 30.6. The molecule has 0 fully saturated rings. The van der Waals surface area contributed by atoms with Crippen molar-refractivity contribution in [1.82, 2.24) is 0 Å². The van der Waals surface area contributed by atoms with Crippen molar-refractivity contribution in [2.75, 3.05) is 19.8 Å². The maximum absolute atomic E-state index is 8.14. The summed E-state index contributed by atoms with van der Waals surface area (Å²) in [5.41, 5.74) is 0. The molecule has 0 aromatic carbocycles. The second-order valence-electron chi connectivity index (χ2n) is 4.73. The molecule has 3 N–H and O–H groups in total. The predicted molar refractivity (Wildman–Crippen MR) is 76.8 cm³/mol. The molecule has 114 valence electrons. The standard InChI is InChI=1S/3C4H10O.C2H5.Zr/c3*1-4(2)3-5;1-2;/h3*4-5H,3H2,1-2H3;1H2,2H3;/q;;;-1;. The van der Waals surface area contributed by atoms with Crippen molar-refractivity contribution in [1.29, 1.82) is 0 Å². The Hall–Kier alpha value is 0.763. The molecule has 0 unspecified atom stereocenters. The third-order valence-corrected chi connectivity index (χ3v) is 1.10. The topological polar surface area (TPSA) is 60.7 Å².